The third-order valence-corrected chi connectivity index (χ3v) is 9.74. The van der Waals surface area contributed by atoms with Gasteiger partial charge in [-0.25, -0.2) is 4.79 Å². The standard InChI is InChI=1S/C38H43N3O10.C13H18O/c1-38(2,3)51-34(44)23-49-26-11-13-30-33(22-26)50-32-21-25(43)10-12-29(32)35(30)27-7-4-5-8-28(27)37(46)41-16-6-9-31(41)36(45)40-15-18-48-20-19-47-17-14-39-24-42;1-5-6-11-7-9-12(10-8-11)14-13(2,3)4/h4-5,7-8,10-13,21-22,24,31H,6,9,14-20,23H2,1-3H3,(H,39,42)(H,40,45);5-10H,1-4H3/b;6-5+. The third kappa shape index (κ3) is 15.0. The Morgan fingerprint density at radius 1 is 0.815 bits per heavy atom. The lowest BCUT2D eigenvalue weighted by Crippen LogP contribution is -2.46. The van der Waals surface area contributed by atoms with Crippen LogP contribution >= 0.6 is 0 Å². The molecular formula is C51H61N3O11. The number of hydrogen-bond acceptors (Lipinski definition) is 11. The molecule has 0 bridgehead atoms. The van der Waals surface area contributed by atoms with Gasteiger partial charge >= 0.3 is 5.97 Å². The molecule has 6 rings (SSSR count). The highest BCUT2D eigenvalue weighted by molar-refractivity contribution is 6.10. The molecule has 0 radical (unpaired) electrons. The summed E-state index contributed by atoms with van der Waals surface area (Å²) in [4.78, 5) is 64.1. The Morgan fingerprint density at radius 2 is 1.52 bits per heavy atom. The zero-order chi connectivity index (χ0) is 47.0. The molecule has 0 saturated carbocycles. The van der Waals surface area contributed by atoms with E-state index in [2.05, 4.69) is 28.8 Å². The van der Waals surface area contributed by atoms with Crippen molar-refractivity contribution in [1.29, 1.82) is 0 Å². The Morgan fingerprint density at radius 3 is 2.22 bits per heavy atom. The topological polar surface area (TPSA) is 172 Å². The zero-order valence-electron chi connectivity index (χ0n) is 38.4. The summed E-state index contributed by atoms with van der Waals surface area (Å²) in [5.41, 5.74) is 2.87. The van der Waals surface area contributed by atoms with Gasteiger partial charge in [-0.15, -0.1) is 0 Å². The number of benzene rings is 4. The monoisotopic (exact) mass is 891 g/mol. The predicted molar refractivity (Wildman–Crippen MR) is 250 cm³/mol. The van der Waals surface area contributed by atoms with Crippen molar-refractivity contribution in [3.63, 3.8) is 0 Å². The fraction of sp³-hybridized carbons (Fsp3) is 0.392. The smallest absolute Gasteiger partial charge is 0.344 e. The highest BCUT2D eigenvalue weighted by atomic mass is 16.6. The fourth-order valence-electron chi connectivity index (χ4n) is 7.14. The SMILES string of the molecule is C/C=C/c1ccc(OC(C)(C)C)cc1.CC(C)(C)OC(=O)COc1ccc2c(-c3ccccc3C(=O)N3CCCC3C(=O)NCCOCCOCCNC=O)c3ccc(=O)cc-3oc2c1. The minimum Gasteiger partial charge on any atom is -0.488 e. The van der Waals surface area contributed by atoms with Crippen molar-refractivity contribution >= 4 is 41.2 Å². The zero-order valence-corrected chi connectivity index (χ0v) is 38.4. The summed E-state index contributed by atoms with van der Waals surface area (Å²) in [6.07, 6.45) is 5.91. The van der Waals surface area contributed by atoms with Gasteiger partial charge < -0.3 is 43.6 Å². The molecule has 14 heteroatoms. The number of nitrogens with one attached hydrogen (secondary N) is 2. The van der Waals surface area contributed by atoms with Crippen molar-refractivity contribution in [3.8, 4) is 33.9 Å². The predicted octanol–water partition coefficient (Wildman–Crippen LogP) is 7.68. The number of carbonyl (C=O) groups excluding carboxylic acids is 4. The first-order chi connectivity index (χ1) is 31.1. The quantitative estimate of drug-likeness (QED) is 0.0383. The van der Waals surface area contributed by atoms with Crippen LogP contribution < -0.4 is 25.5 Å². The number of nitrogens with zero attached hydrogens (tertiary/aromatic N) is 1. The van der Waals surface area contributed by atoms with E-state index in [4.69, 9.17) is 28.1 Å². The number of amides is 3. The molecular weight excluding hydrogens is 831 g/mol. The maximum Gasteiger partial charge on any atom is 0.344 e. The minimum absolute atomic E-state index is 0.123. The summed E-state index contributed by atoms with van der Waals surface area (Å²) in [5.74, 6) is 0.532. The van der Waals surface area contributed by atoms with Crippen molar-refractivity contribution in [1.82, 2.24) is 15.5 Å². The Balaban J connectivity index is 0.000000483. The lowest BCUT2D eigenvalue weighted by atomic mass is 9.90. The number of allylic oxidation sites excluding steroid dienone is 1. The normalized spacial score (nSPS) is 13.9. The van der Waals surface area contributed by atoms with E-state index < -0.39 is 17.6 Å². The number of rotatable bonds is 18. The van der Waals surface area contributed by atoms with Crippen LogP contribution in [0, 0.1) is 0 Å². The lowest BCUT2D eigenvalue weighted by molar-refractivity contribution is -0.157. The van der Waals surface area contributed by atoms with E-state index in [9.17, 15) is 24.0 Å². The van der Waals surface area contributed by atoms with Crippen molar-refractivity contribution in [2.45, 2.75) is 78.6 Å². The van der Waals surface area contributed by atoms with Crippen LogP contribution in [0.15, 0.2) is 100 Å². The van der Waals surface area contributed by atoms with Crippen molar-refractivity contribution in [2.75, 3.05) is 52.7 Å². The van der Waals surface area contributed by atoms with Gasteiger partial charge in [0.2, 0.25) is 12.3 Å². The third-order valence-electron chi connectivity index (χ3n) is 9.74. The van der Waals surface area contributed by atoms with Gasteiger partial charge in [-0.2, -0.15) is 0 Å². The molecule has 1 atom stereocenters. The Labute approximate surface area is 380 Å². The van der Waals surface area contributed by atoms with Crippen molar-refractivity contribution in [3.05, 3.63) is 112 Å². The summed E-state index contributed by atoms with van der Waals surface area (Å²) in [6, 6.07) is 24.3. The van der Waals surface area contributed by atoms with Gasteiger partial charge in [0.25, 0.3) is 5.91 Å². The Kier molecular flexibility index (Phi) is 17.8. The highest BCUT2D eigenvalue weighted by Gasteiger charge is 2.36. The molecule has 14 nitrogen and oxygen atoms in total. The first kappa shape index (κ1) is 49.5. The number of hydrogen-bond donors (Lipinski definition) is 2. The largest absolute Gasteiger partial charge is 0.488 e. The number of esters is 1. The van der Waals surface area contributed by atoms with Crippen LogP contribution in [0.5, 0.6) is 11.5 Å². The van der Waals surface area contributed by atoms with Gasteiger partial charge in [0, 0.05) is 53.8 Å². The van der Waals surface area contributed by atoms with E-state index in [0.29, 0.717) is 96.9 Å². The van der Waals surface area contributed by atoms with Crippen LogP contribution in [0.1, 0.15) is 77.2 Å². The van der Waals surface area contributed by atoms with Crippen LogP contribution in [0.4, 0.5) is 0 Å². The molecule has 346 valence electrons. The molecule has 2 heterocycles. The second-order valence-corrected chi connectivity index (χ2v) is 17.2. The molecule has 1 saturated heterocycles. The van der Waals surface area contributed by atoms with Gasteiger partial charge in [-0.1, -0.05) is 42.5 Å². The van der Waals surface area contributed by atoms with E-state index >= 15 is 0 Å². The average Bonchev–Trinajstić information content (AvgIpc) is 3.76. The molecule has 65 heavy (non-hydrogen) atoms. The second kappa shape index (κ2) is 23.4. The van der Waals surface area contributed by atoms with Crippen LogP contribution in [-0.4, -0.2) is 99.0 Å². The molecule has 1 fully saturated rings. The first-order valence-electron chi connectivity index (χ1n) is 21.8. The van der Waals surface area contributed by atoms with E-state index in [1.54, 1.807) is 62.1 Å². The van der Waals surface area contributed by atoms with E-state index in [1.165, 1.54) is 17.7 Å². The molecule has 3 aliphatic rings. The van der Waals surface area contributed by atoms with Gasteiger partial charge in [0.05, 0.1) is 26.4 Å². The van der Waals surface area contributed by atoms with Gasteiger partial charge in [-0.3, -0.25) is 19.2 Å². The van der Waals surface area contributed by atoms with E-state index in [0.717, 1.165) is 5.75 Å². The molecule has 3 aromatic carbocycles. The molecule has 2 aliphatic heterocycles. The number of ether oxygens (including phenoxy) is 5. The molecule has 0 spiro atoms. The molecule has 1 aliphatic carbocycles. The number of carbonyl (C=O) groups is 4. The maximum atomic E-state index is 14.3. The Hall–Kier alpha value is -6.51. The van der Waals surface area contributed by atoms with Crippen LogP contribution in [-0.2, 0) is 28.6 Å². The van der Waals surface area contributed by atoms with E-state index in [1.807, 2.05) is 58.0 Å². The lowest BCUT2D eigenvalue weighted by Gasteiger charge is -2.26. The molecule has 3 aromatic rings. The molecule has 1 unspecified atom stereocenters. The summed E-state index contributed by atoms with van der Waals surface area (Å²) >= 11 is 0. The van der Waals surface area contributed by atoms with Crippen LogP contribution in [0.2, 0.25) is 0 Å². The highest BCUT2D eigenvalue weighted by Crippen LogP contribution is 2.42. The molecule has 2 N–H and O–H groups in total. The summed E-state index contributed by atoms with van der Waals surface area (Å²) in [6.45, 7) is 15.7. The summed E-state index contributed by atoms with van der Waals surface area (Å²) in [7, 11) is 0. The molecule has 0 aromatic heterocycles. The first-order valence-corrected chi connectivity index (χ1v) is 21.8. The van der Waals surface area contributed by atoms with Crippen molar-refractivity contribution in [2.24, 2.45) is 0 Å². The Bertz CT molecular complexity index is 2430. The fourth-order valence-corrected chi connectivity index (χ4v) is 7.14. The minimum atomic E-state index is -0.657. The van der Waals surface area contributed by atoms with Gasteiger partial charge in [-0.05, 0) is 115 Å². The van der Waals surface area contributed by atoms with E-state index in [-0.39, 0.29) is 42.6 Å². The summed E-state index contributed by atoms with van der Waals surface area (Å²) < 4.78 is 33.8. The average molecular weight is 892 g/mol. The number of likely N-dealkylation sites (tertiary alicyclic amines) is 1. The summed E-state index contributed by atoms with van der Waals surface area (Å²) in [5, 5.41) is 6.05. The van der Waals surface area contributed by atoms with Crippen LogP contribution in [0.25, 0.3) is 39.5 Å². The van der Waals surface area contributed by atoms with Crippen LogP contribution in [0.3, 0.4) is 0 Å². The molecule has 3 amide bonds. The second-order valence-electron chi connectivity index (χ2n) is 17.2. The van der Waals surface area contributed by atoms with Crippen molar-refractivity contribution < 1.29 is 47.3 Å². The number of fused-ring (bicyclic) bond motifs is 2. The van der Waals surface area contributed by atoms with Gasteiger partial charge in [0.15, 0.2) is 12.0 Å². The maximum absolute atomic E-state index is 14.3. The van der Waals surface area contributed by atoms with Gasteiger partial charge in [0.1, 0.15) is 40.1 Å².